The summed E-state index contributed by atoms with van der Waals surface area (Å²) >= 11 is 6.10. The van der Waals surface area contributed by atoms with Crippen LogP contribution in [0.25, 0.3) is 11.0 Å². The van der Waals surface area contributed by atoms with Crippen molar-refractivity contribution in [3.8, 4) is 0 Å². The SMILES string of the molecule is CCn1c(CC(NC)c2ccoc2Cl)nc2ccccc21. The summed E-state index contributed by atoms with van der Waals surface area (Å²) in [5, 5.41) is 3.73. The number of halogens is 1. The predicted octanol–water partition coefficient (Wildman–Crippen LogP) is 3.81. The Morgan fingerprint density at radius 3 is 2.81 bits per heavy atom. The van der Waals surface area contributed by atoms with E-state index in [9.17, 15) is 0 Å². The standard InChI is InChI=1S/C16H18ClN3O/c1-3-20-14-7-5-4-6-12(14)19-15(20)10-13(18-2)11-8-9-21-16(11)17/h4-9,13,18H,3,10H2,1-2H3. The molecular formula is C16H18ClN3O. The molecule has 0 amide bonds. The molecule has 0 fully saturated rings. The van der Waals surface area contributed by atoms with Crippen molar-refractivity contribution < 1.29 is 4.42 Å². The van der Waals surface area contributed by atoms with Gasteiger partial charge < -0.3 is 14.3 Å². The second-order valence-corrected chi connectivity index (χ2v) is 5.30. The topological polar surface area (TPSA) is 43.0 Å². The fraction of sp³-hybridized carbons (Fsp3) is 0.312. The van der Waals surface area contributed by atoms with Crippen LogP contribution in [0.4, 0.5) is 0 Å². The molecule has 110 valence electrons. The van der Waals surface area contributed by atoms with Gasteiger partial charge in [-0.05, 0) is 43.8 Å². The number of aromatic nitrogens is 2. The number of fused-ring (bicyclic) bond motifs is 1. The van der Waals surface area contributed by atoms with E-state index >= 15 is 0 Å². The minimum Gasteiger partial charge on any atom is -0.453 e. The van der Waals surface area contributed by atoms with Gasteiger partial charge in [-0.1, -0.05) is 12.1 Å². The lowest BCUT2D eigenvalue weighted by Crippen LogP contribution is -2.20. The number of rotatable bonds is 5. The molecule has 0 saturated heterocycles. The zero-order valence-electron chi connectivity index (χ0n) is 12.1. The average molecular weight is 304 g/mol. The highest BCUT2D eigenvalue weighted by atomic mass is 35.5. The van der Waals surface area contributed by atoms with Gasteiger partial charge in [0.2, 0.25) is 0 Å². The van der Waals surface area contributed by atoms with Crippen LogP contribution in [-0.2, 0) is 13.0 Å². The number of benzene rings is 1. The highest BCUT2D eigenvalue weighted by Gasteiger charge is 2.19. The highest BCUT2D eigenvalue weighted by molar-refractivity contribution is 6.29. The van der Waals surface area contributed by atoms with Gasteiger partial charge in [-0.3, -0.25) is 0 Å². The number of hydrogen-bond acceptors (Lipinski definition) is 3. The van der Waals surface area contributed by atoms with Crippen molar-refractivity contribution in [1.29, 1.82) is 0 Å². The molecule has 3 aromatic rings. The summed E-state index contributed by atoms with van der Waals surface area (Å²) in [5.74, 6) is 1.05. The fourth-order valence-corrected chi connectivity index (χ4v) is 2.98. The third-order valence-electron chi connectivity index (χ3n) is 3.81. The van der Waals surface area contributed by atoms with Crippen LogP contribution in [0.3, 0.4) is 0 Å². The molecule has 1 aromatic carbocycles. The van der Waals surface area contributed by atoms with Crippen LogP contribution in [0.1, 0.15) is 24.4 Å². The van der Waals surface area contributed by atoms with Gasteiger partial charge in [0, 0.05) is 24.6 Å². The molecule has 0 saturated carbocycles. The minimum absolute atomic E-state index is 0.0818. The van der Waals surface area contributed by atoms with E-state index in [-0.39, 0.29) is 6.04 Å². The molecule has 0 aliphatic rings. The molecule has 2 aromatic heterocycles. The van der Waals surface area contributed by atoms with Crippen LogP contribution in [0.5, 0.6) is 0 Å². The molecule has 2 heterocycles. The Morgan fingerprint density at radius 1 is 1.33 bits per heavy atom. The largest absolute Gasteiger partial charge is 0.453 e. The van der Waals surface area contributed by atoms with Crippen molar-refractivity contribution in [3.63, 3.8) is 0 Å². The van der Waals surface area contributed by atoms with E-state index in [2.05, 4.69) is 22.9 Å². The first-order chi connectivity index (χ1) is 10.2. The van der Waals surface area contributed by atoms with E-state index in [4.69, 9.17) is 21.0 Å². The van der Waals surface area contributed by atoms with Crippen molar-refractivity contribution >= 4 is 22.6 Å². The number of aryl methyl sites for hydroxylation is 1. The van der Waals surface area contributed by atoms with Crippen LogP contribution >= 0.6 is 11.6 Å². The molecule has 5 heteroatoms. The third-order valence-corrected chi connectivity index (χ3v) is 4.11. The summed E-state index contributed by atoms with van der Waals surface area (Å²) in [4.78, 5) is 4.76. The molecular weight excluding hydrogens is 286 g/mol. The summed E-state index contributed by atoms with van der Waals surface area (Å²) in [6.07, 6.45) is 2.38. The molecule has 0 radical (unpaired) electrons. The maximum atomic E-state index is 6.10. The van der Waals surface area contributed by atoms with Crippen molar-refractivity contribution in [3.05, 3.63) is 53.2 Å². The summed E-state index contributed by atoms with van der Waals surface area (Å²) in [7, 11) is 1.92. The molecule has 1 atom stereocenters. The smallest absolute Gasteiger partial charge is 0.197 e. The third kappa shape index (κ3) is 2.57. The average Bonchev–Trinajstić information content (AvgIpc) is 3.07. The van der Waals surface area contributed by atoms with Crippen LogP contribution < -0.4 is 5.32 Å². The number of hydrogen-bond donors (Lipinski definition) is 1. The number of furan rings is 1. The Bertz CT molecular complexity index is 747. The van der Waals surface area contributed by atoms with Crippen molar-refractivity contribution in [1.82, 2.24) is 14.9 Å². The zero-order valence-corrected chi connectivity index (χ0v) is 12.9. The molecule has 0 spiro atoms. The van der Waals surface area contributed by atoms with E-state index in [0.29, 0.717) is 5.22 Å². The van der Waals surface area contributed by atoms with Gasteiger partial charge in [0.25, 0.3) is 0 Å². The molecule has 1 N–H and O–H groups in total. The first kappa shape index (κ1) is 14.2. The Kier molecular flexibility index (Phi) is 3.99. The Hall–Kier alpha value is -1.78. The first-order valence-electron chi connectivity index (χ1n) is 7.09. The van der Waals surface area contributed by atoms with Crippen LogP contribution in [0.2, 0.25) is 5.22 Å². The summed E-state index contributed by atoms with van der Waals surface area (Å²) in [6.45, 7) is 3.03. The number of imidazole rings is 1. The van der Waals surface area contributed by atoms with E-state index in [1.54, 1.807) is 6.26 Å². The van der Waals surface area contributed by atoms with Crippen LogP contribution in [0, 0.1) is 0 Å². The van der Waals surface area contributed by atoms with Crippen LogP contribution in [0.15, 0.2) is 41.0 Å². The lowest BCUT2D eigenvalue weighted by molar-refractivity contribution is 0.531. The lowest BCUT2D eigenvalue weighted by atomic mass is 10.1. The predicted molar refractivity (Wildman–Crippen MR) is 84.6 cm³/mol. The summed E-state index contributed by atoms with van der Waals surface area (Å²) in [6, 6.07) is 10.2. The highest BCUT2D eigenvalue weighted by Crippen LogP contribution is 2.27. The van der Waals surface area contributed by atoms with Gasteiger partial charge >= 0.3 is 0 Å². The molecule has 3 rings (SSSR count). The minimum atomic E-state index is 0.0818. The van der Waals surface area contributed by atoms with E-state index < -0.39 is 0 Å². The molecule has 4 nitrogen and oxygen atoms in total. The maximum Gasteiger partial charge on any atom is 0.197 e. The second-order valence-electron chi connectivity index (χ2n) is 4.96. The molecule has 0 aliphatic carbocycles. The van der Waals surface area contributed by atoms with Gasteiger partial charge in [-0.15, -0.1) is 0 Å². The summed E-state index contributed by atoms with van der Waals surface area (Å²) < 4.78 is 7.44. The van der Waals surface area contributed by atoms with E-state index in [0.717, 1.165) is 29.9 Å². The van der Waals surface area contributed by atoms with Gasteiger partial charge in [-0.2, -0.15) is 0 Å². The molecule has 0 bridgehead atoms. The fourth-order valence-electron chi connectivity index (χ4n) is 2.74. The van der Waals surface area contributed by atoms with Crippen molar-refractivity contribution in [2.45, 2.75) is 25.9 Å². The van der Waals surface area contributed by atoms with Crippen LogP contribution in [-0.4, -0.2) is 16.6 Å². The monoisotopic (exact) mass is 303 g/mol. The Balaban J connectivity index is 1.98. The second kappa shape index (κ2) is 5.92. The first-order valence-corrected chi connectivity index (χ1v) is 7.46. The lowest BCUT2D eigenvalue weighted by Gasteiger charge is -2.15. The van der Waals surface area contributed by atoms with Crippen molar-refractivity contribution in [2.75, 3.05) is 7.05 Å². The Morgan fingerprint density at radius 2 is 2.14 bits per heavy atom. The normalized spacial score (nSPS) is 12.9. The van der Waals surface area contributed by atoms with E-state index in [1.165, 1.54) is 5.52 Å². The Labute approximate surface area is 128 Å². The quantitative estimate of drug-likeness (QED) is 0.779. The molecule has 1 unspecified atom stereocenters. The van der Waals surface area contributed by atoms with Gasteiger partial charge in [0.15, 0.2) is 5.22 Å². The molecule has 0 aliphatic heterocycles. The van der Waals surface area contributed by atoms with Gasteiger partial charge in [0.05, 0.1) is 17.3 Å². The number of nitrogens with one attached hydrogen (secondary N) is 1. The van der Waals surface area contributed by atoms with E-state index in [1.807, 2.05) is 31.3 Å². The van der Waals surface area contributed by atoms with Crippen molar-refractivity contribution in [2.24, 2.45) is 0 Å². The number of likely N-dealkylation sites (N-methyl/N-ethyl adjacent to an activating group) is 1. The number of nitrogens with zero attached hydrogens (tertiary/aromatic N) is 2. The van der Waals surface area contributed by atoms with Gasteiger partial charge in [-0.25, -0.2) is 4.98 Å². The maximum absolute atomic E-state index is 6.10. The molecule has 21 heavy (non-hydrogen) atoms. The zero-order chi connectivity index (χ0) is 14.8. The summed E-state index contributed by atoms with van der Waals surface area (Å²) in [5.41, 5.74) is 3.17. The van der Waals surface area contributed by atoms with Gasteiger partial charge in [0.1, 0.15) is 5.82 Å². The number of para-hydroxylation sites is 2.